The Labute approximate surface area is 208 Å². The second kappa shape index (κ2) is 10.4. The fourth-order valence-corrected chi connectivity index (χ4v) is 5.34. The number of methoxy groups -OCH3 is 1. The molecular formula is C25H30ClF2N3O4. The van der Waals surface area contributed by atoms with Crippen LogP contribution in [-0.4, -0.2) is 54.9 Å². The van der Waals surface area contributed by atoms with Crippen molar-refractivity contribution in [2.75, 3.05) is 36.5 Å². The van der Waals surface area contributed by atoms with Gasteiger partial charge in [0.2, 0.25) is 11.7 Å². The summed E-state index contributed by atoms with van der Waals surface area (Å²) in [4.78, 5) is 19.1. The van der Waals surface area contributed by atoms with E-state index in [1.54, 1.807) is 17.2 Å². The number of hydrogen-bond acceptors (Lipinski definition) is 6. The van der Waals surface area contributed by atoms with Crippen LogP contribution in [0, 0.1) is 23.5 Å². The number of aromatic nitrogens is 1. The lowest BCUT2D eigenvalue weighted by Gasteiger charge is -2.38. The van der Waals surface area contributed by atoms with Gasteiger partial charge in [-0.05, 0) is 24.5 Å². The van der Waals surface area contributed by atoms with Crippen LogP contribution in [0.2, 0.25) is 5.02 Å². The maximum atomic E-state index is 15.1. The van der Waals surface area contributed by atoms with Crippen molar-refractivity contribution in [3.63, 3.8) is 0 Å². The molecule has 0 saturated carbocycles. The minimum absolute atomic E-state index is 0.0143. The summed E-state index contributed by atoms with van der Waals surface area (Å²) in [5.74, 6) is -2.48. The number of benzene rings is 1. The van der Waals surface area contributed by atoms with Gasteiger partial charge in [-0.25, -0.2) is 9.37 Å². The van der Waals surface area contributed by atoms with E-state index in [2.05, 4.69) is 9.88 Å². The molecule has 2 aliphatic heterocycles. The number of piperidine rings is 1. The van der Waals surface area contributed by atoms with Crippen molar-refractivity contribution in [1.82, 2.24) is 4.98 Å². The van der Waals surface area contributed by atoms with Crippen LogP contribution in [-0.2, 0) is 4.79 Å². The van der Waals surface area contributed by atoms with E-state index >= 15 is 8.78 Å². The van der Waals surface area contributed by atoms with E-state index in [1.165, 1.54) is 19.2 Å². The van der Waals surface area contributed by atoms with Crippen molar-refractivity contribution in [2.24, 2.45) is 11.8 Å². The largest absolute Gasteiger partial charge is 0.487 e. The molecule has 0 amide bonds. The molecule has 35 heavy (non-hydrogen) atoms. The van der Waals surface area contributed by atoms with Gasteiger partial charge in [0, 0.05) is 44.1 Å². The van der Waals surface area contributed by atoms with Crippen LogP contribution in [0.5, 0.6) is 11.6 Å². The van der Waals surface area contributed by atoms with E-state index in [4.69, 9.17) is 21.1 Å². The zero-order valence-corrected chi connectivity index (χ0v) is 20.8. The quantitative estimate of drug-likeness (QED) is 0.562. The van der Waals surface area contributed by atoms with Gasteiger partial charge in [-0.1, -0.05) is 25.4 Å². The molecule has 0 aliphatic carbocycles. The Bertz CT molecular complexity index is 1090. The standard InChI is InChI=1S/C25H30ClF2N3O4/c1-14-8-16(9-23(32)33)31(12-14)18-4-5-21(25(28)24(18)27)35-20-6-7-30(13-15(20)2)19-10-22(34-3)29-11-17(19)26/h4-5,10-11,14-16,20H,6-9,12-13H2,1-3H3,(H,32,33)/t14-,15?,16?,20?/m1/s1. The second-order valence-corrected chi connectivity index (χ2v) is 9.91. The minimum atomic E-state index is -1.05. The van der Waals surface area contributed by atoms with Crippen LogP contribution in [0.4, 0.5) is 20.2 Å². The highest BCUT2D eigenvalue weighted by atomic mass is 35.5. The van der Waals surface area contributed by atoms with Gasteiger partial charge < -0.3 is 24.4 Å². The molecule has 0 radical (unpaired) electrons. The fraction of sp³-hybridized carbons (Fsp3) is 0.520. The molecule has 2 aromatic rings. The monoisotopic (exact) mass is 509 g/mol. The Morgan fingerprint density at radius 2 is 2.00 bits per heavy atom. The lowest BCUT2D eigenvalue weighted by molar-refractivity contribution is -0.137. The van der Waals surface area contributed by atoms with Gasteiger partial charge in [0.05, 0.1) is 36.1 Å². The highest BCUT2D eigenvalue weighted by Crippen LogP contribution is 2.37. The third-order valence-electron chi connectivity index (χ3n) is 6.83. The number of nitrogens with zero attached hydrogens (tertiary/aromatic N) is 3. The molecule has 2 saturated heterocycles. The van der Waals surface area contributed by atoms with E-state index in [0.717, 1.165) is 5.69 Å². The number of aliphatic carboxylic acids is 1. The predicted molar refractivity (Wildman–Crippen MR) is 130 cm³/mol. The summed E-state index contributed by atoms with van der Waals surface area (Å²) >= 11 is 6.34. The van der Waals surface area contributed by atoms with Gasteiger partial charge >= 0.3 is 5.97 Å². The van der Waals surface area contributed by atoms with E-state index in [0.29, 0.717) is 43.4 Å². The van der Waals surface area contributed by atoms with E-state index < -0.39 is 17.6 Å². The van der Waals surface area contributed by atoms with Crippen molar-refractivity contribution in [3.8, 4) is 11.6 Å². The van der Waals surface area contributed by atoms with Crippen LogP contribution < -0.4 is 19.3 Å². The van der Waals surface area contributed by atoms with Gasteiger partial charge in [0.1, 0.15) is 6.10 Å². The third kappa shape index (κ3) is 5.39. The van der Waals surface area contributed by atoms with Gasteiger partial charge in [-0.3, -0.25) is 4.79 Å². The Hall–Kier alpha value is -2.81. The molecule has 1 N–H and O–H groups in total. The molecule has 190 valence electrons. The molecule has 3 heterocycles. The first-order chi connectivity index (χ1) is 16.7. The molecule has 10 heteroatoms. The predicted octanol–water partition coefficient (Wildman–Crippen LogP) is 5.01. The van der Waals surface area contributed by atoms with Crippen LogP contribution >= 0.6 is 11.6 Å². The number of pyridine rings is 1. The highest BCUT2D eigenvalue weighted by Gasteiger charge is 2.35. The van der Waals surface area contributed by atoms with E-state index in [9.17, 15) is 9.90 Å². The number of hydrogen-bond donors (Lipinski definition) is 1. The van der Waals surface area contributed by atoms with E-state index in [1.807, 2.05) is 13.8 Å². The van der Waals surface area contributed by atoms with Crippen LogP contribution in [0.3, 0.4) is 0 Å². The van der Waals surface area contributed by atoms with Crippen molar-refractivity contribution >= 4 is 28.9 Å². The van der Waals surface area contributed by atoms with Crippen molar-refractivity contribution in [3.05, 3.63) is 41.1 Å². The SMILES string of the molecule is COc1cc(N2CCC(Oc3ccc(N4C[C@H](C)CC4CC(=O)O)c(F)c3F)C(C)C2)c(Cl)cn1. The first-order valence-corrected chi connectivity index (χ1v) is 12.1. The Morgan fingerprint density at radius 1 is 1.23 bits per heavy atom. The first-order valence-electron chi connectivity index (χ1n) is 11.8. The van der Waals surface area contributed by atoms with Gasteiger partial charge in [-0.15, -0.1) is 0 Å². The molecule has 3 unspecified atom stereocenters. The van der Waals surface area contributed by atoms with Crippen molar-refractivity contribution < 1.29 is 28.2 Å². The zero-order chi connectivity index (χ0) is 25.3. The number of carbonyl (C=O) groups is 1. The minimum Gasteiger partial charge on any atom is -0.487 e. The van der Waals surface area contributed by atoms with Gasteiger partial charge in [0.15, 0.2) is 11.6 Å². The Balaban J connectivity index is 1.47. The average Bonchev–Trinajstić information content (AvgIpc) is 3.17. The number of rotatable bonds is 7. The summed E-state index contributed by atoms with van der Waals surface area (Å²) in [6.07, 6.45) is 2.34. The molecule has 7 nitrogen and oxygen atoms in total. The van der Waals surface area contributed by atoms with Crippen LogP contribution in [0.1, 0.15) is 33.1 Å². The molecule has 0 spiro atoms. The van der Waals surface area contributed by atoms with Gasteiger partial charge in [0.25, 0.3) is 0 Å². The molecule has 2 aliphatic rings. The number of carboxylic acid groups (broad SMARTS) is 1. The zero-order valence-electron chi connectivity index (χ0n) is 20.0. The Morgan fingerprint density at radius 3 is 2.69 bits per heavy atom. The van der Waals surface area contributed by atoms with Crippen LogP contribution in [0.15, 0.2) is 24.4 Å². The van der Waals surface area contributed by atoms with Crippen molar-refractivity contribution in [2.45, 2.75) is 45.3 Å². The molecular weight excluding hydrogens is 480 g/mol. The molecule has 1 aromatic carbocycles. The number of carboxylic acids is 1. The van der Waals surface area contributed by atoms with Crippen LogP contribution in [0.25, 0.3) is 0 Å². The number of ether oxygens (including phenoxy) is 2. The first kappa shape index (κ1) is 25.3. The summed E-state index contributed by atoms with van der Waals surface area (Å²) in [5.41, 5.74) is 0.885. The topological polar surface area (TPSA) is 75.1 Å². The Kier molecular flexibility index (Phi) is 7.54. The summed E-state index contributed by atoms with van der Waals surface area (Å²) < 4.78 is 41.3. The average molecular weight is 510 g/mol. The normalized spacial score (nSPS) is 24.5. The lowest BCUT2D eigenvalue weighted by atomic mass is 9.96. The molecule has 4 atom stereocenters. The maximum absolute atomic E-state index is 15.1. The molecule has 4 rings (SSSR count). The smallest absolute Gasteiger partial charge is 0.305 e. The van der Waals surface area contributed by atoms with E-state index in [-0.39, 0.29) is 41.8 Å². The molecule has 2 fully saturated rings. The third-order valence-corrected chi connectivity index (χ3v) is 7.13. The fourth-order valence-electron chi connectivity index (χ4n) is 5.12. The van der Waals surface area contributed by atoms with Crippen molar-refractivity contribution in [1.29, 1.82) is 0 Å². The van der Waals surface area contributed by atoms with Gasteiger partial charge in [-0.2, -0.15) is 4.39 Å². The summed E-state index contributed by atoms with van der Waals surface area (Å²) in [7, 11) is 1.54. The second-order valence-electron chi connectivity index (χ2n) is 9.50. The maximum Gasteiger partial charge on any atom is 0.305 e. The number of halogens is 3. The summed E-state index contributed by atoms with van der Waals surface area (Å²) in [6, 6.07) is 4.34. The molecule has 0 bridgehead atoms. The highest BCUT2D eigenvalue weighted by molar-refractivity contribution is 6.33. The molecule has 1 aromatic heterocycles. The summed E-state index contributed by atoms with van der Waals surface area (Å²) in [5, 5.41) is 9.71. The lowest BCUT2D eigenvalue weighted by Crippen LogP contribution is -2.44. The number of anilines is 2. The summed E-state index contributed by atoms with van der Waals surface area (Å²) in [6.45, 7) is 5.68.